The summed E-state index contributed by atoms with van der Waals surface area (Å²) in [5.41, 5.74) is 1.65. The Bertz CT molecular complexity index is 951. The average molecular weight is 490 g/mol. The number of nitrogens with zero attached hydrogens (tertiary/aromatic N) is 1. The van der Waals surface area contributed by atoms with E-state index < -0.39 is 21.4 Å². The van der Waals surface area contributed by atoms with Crippen LogP contribution in [0, 0.1) is 0 Å². The number of hydrogen-bond acceptors (Lipinski definition) is 6. The molecular weight excluding hydrogens is 454 g/mol. The Morgan fingerprint density at radius 3 is 2.00 bits per heavy atom. The molecule has 7 nitrogen and oxygen atoms in total. The minimum Gasteiger partial charge on any atom is -0.497 e. The van der Waals surface area contributed by atoms with Crippen LogP contribution in [0.4, 0.5) is 0 Å². The van der Waals surface area contributed by atoms with Crippen LogP contribution in [0.15, 0.2) is 61.2 Å². The fourth-order valence-electron chi connectivity index (χ4n) is 4.19. The molecule has 0 bridgehead atoms. The van der Waals surface area contributed by atoms with Gasteiger partial charge in [0.05, 0.1) is 26.4 Å². The number of ether oxygens (including phenoxy) is 3. The molecule has 8 heteroatoms. The van der Waals surface area contributed by atoms with Crippen molar-refractivity contribution in [2.45, 2.75) is 56.2 Å². The highest BCUT2D eigenvalue weighted by Gasteiger charge is 2.39. The minimum atomic E-state index is -3.91. The van der Waals surface area contributed by atoms with Crippen molar-refractivity contribution in [3.8, 4) is 11.5 Å². The quantitative estimate of drug-likeness (QED) is 0.430. The number of methoxy groups -OCH3 is 2. The van der Waals surface area contributed by atoms with Crippen molar-refractivity contribution >= 4 is 10.0 Å². The molecule has 3 rings (SSSR count). The van der Waals surface area contributed by atoms with Crippen LogP contribution in [0.25, 0.3) is 0 Å². The van der Waals surface area contributed by atoms with Crippen LogP contribution in [-0.2, 0) is 27.8 Å². The van der Waals surface area contributed by atoms with E-state index in [0.717, 1.165) is 24.0 Å². The summed E-state index contributed by atoms with van der Waals surface area (Å²) < 4.78 is 45.7. The van der Waals surface area contributed by atoms with Crippen molar-refractivity contribution in [2.24, 2.45) is 0 Å². The van der Waals surface area contributed by atoms with Crippen molar-refractivity contribution in [1.82, 2.24) is 4.31 Å². The first kappa shape index (κ1) is 26.2. The van der Waals surface area contributed by atoms with Crippen molar-refractivity contribution in [1.29, 1.82) is 0 Å². The summed E-state index contributed by atoms with van der Waals surface area (Å²) in [5, 5.41) is 9.86. The smallest absolute Gasteiger partial charge is 0.220 e. The molecule has 1 saturated heterocycles. The zero-order chi connectivity index (χ0) is 24.6. The molecule has 0 aliphatic carbocycles. The van der Waals surface area contributed by atoms with Crippen molar-refractivity contribution in [3.05, 3.63) is 72.3 Å². The maximum absolute atomic E-state index is 14.0. The molecule has 0 aromatic heterocycles. The highest BCUT2D eigenvalue weighted by atomic mass is 32.2. The largest absolute Gasteiger partial charge is 0.497 e. The SMILES string of the molecule is C=CC[C@@H](O)[C@@H](C[C@@H]1CCCO1)S(=O)(=O)N(Cc1ccc(OC)cc1)Cc1ccc(OC)cc1. The average Bonchev–Trinajstić information content (AvgIpc) is 3.36. The number of aliphatic hydroxyl groups is 1. The highest BCUT2D eigenvalue weighted by molar-refractivity contribution is 7.89. The Balaban J connectivity index is 1.93. The van der Waals surface area contributed by atoms with Gasteiger partial charge in [-0.05, 0) is 61.1 Å². The second-order valence-corrected chi connectivity index (χ2v) is 10.7. The van der Waals surface area contributed by atoms with E-state index in [4.69, 9.17) is 14.2 Å². The van der Waals surface area contributed by atoms with Gasteiger partial charge < -0.3 is 19.3 Å². The maximum atomic E-state index is 14.0. The van der Waals surface area contributed by atoms with Crippen molar-refractivity contribution in [2.75, 3.05) is 20.8 Å². The third-order valence-corrected chi connectivity index (χ3v) is 8.38. The Kier molecular flexibility index (Phi) is 9.53. The Labute approximate surface area is 203 Å². The van der Waals surface area contributed by atoms with Gasteiger partial charge in [-0.15, -0.1) is 6.58 Å². The van der Waals surface area contributed by atoms with E-state index in [1.165, 1.54) is 4.31 Å². The number of aliphatic hydroxyl groups excluding tert-OH is 1. The van der Waals surface area contributed by atoms with E-state index in [2.05, 4.69) is 6.58 Å². The normalized spacial score (nSPS) is 17.9. The highest BCUT2D eigenvalue weighted by Crippen LogP contribution is 2.28. The summed E-state index contributed by atoms with van der Waals surface area (Å²) >= 11 is 0. The van der Waals surface area contributed by atoms with Crippen LogP contribution in [0.5, 0.6) is 11.5 Å². The molecule has 0 spiro atoms. The van der Waals surface area contributed by atoms with Crippen molar-refractivity contribution in [3.63, 3.8) is 0 Å². The van der Waals surface area contributed by atoms with Gasteiger partial charge in [0.15, 0.2) is 0 Å². The summed E-state index contributed by atoms with van der Waals surface area (Å²) in [6.07, 6.45) is 2.44. The van der Waals surface area contributed by atoms with Gasteiger partial charge in [-0.3, -0.25) is 0 Å². The Hall–Kier alpha value is -2.39. The molecule has 3 atom stereocenters. The lowest BCUT2D eigenvalue weighted by atomic mass is 10.1. The molecule has 0 amide bonds. The summed E-state index contributed by atoms with van der Waals surface area (Å²) in [5.74, 6) is 1.40. The lowest BCUT2D eigenvalue weighted by Gasteiger charge is -2.31. The molecular formula is C26H35NO6S. The standard InChI is InChI=1S/C26H35NO6S/c1-4-6-25(28)26(17-24-7-5-16-33-24)34(29,30)27(18-20-8-12-22(31-2)13-9-20)19-21-10-14-23(32-3)15-11-21/h4,8-15,24-26,28H,1,5-7,16-19H2,2-3H3/t24-,25+,26+/m0/s1. The number of benzene rings is 2. The Morgan fingerprint density at radius 1 is 1.06 bits per heavy atom. The second kappa shape index (κ2) is 12.4. The van der Waals surface area contributed by atoms with Gasteiger partial charge in [0, 0.05) is 19.7 Å². The van der Waals surface area contributed by atoms with Gasteiger partial charge in [-0.1, -0.05) is 30.3 Å². The molecule has 0 unspecified atom stereocenters. The second-order valence-electron chi connectivity index (χ2n) is 8.51. The number of hydrogen-bond donors (Lipinski definition) is 1. The molecule has 2 aromatic rings. The summed E-state index contributed by atoms with van der Waals surface area (Å²) in [6.45, 7) is 4.64. The van der Waals surface area contributed by atoms with E-state index in [-0.39, 0.29) is 32.0 Å². The first-order chi connectivity index (χ1) is 16.4. The molecule has 0 radical (unpaired) electrons. The van der Waals surface area contributed by atoms with Crippen molar-refractivity contribution < 1.29 is 27.7 Å². The molecule has 34 heavy (non-hydrogen) atoms. The van der Waals surface area contributed by atoms with Gasteiger partial charge in [0.2, 0.25) is 10.0 Å². The van der Waals surface area contributed by atoms with Gasteiger partial charge in [0.25, 0.3) is 0 Å². The third-order valence-electron chi connectivity index (χ3n) is 6.13. The topological polar surface area (TPSA) is 85.3 Å². The molecule has 1 fully saturated rings. The van der Waals surface area contributed by atoms with Crippen LogP contribution in [0.2, 0.25) is 0 Å². The summed E-state index contributed by atoms with van der Waals surface area (Å²) in [4.78, 5) is 0. The molecule has 2 aromatic carbocycles. The first-order valence-electron chi connectivity index (χ1n) is 11.5. The van der Waals surface area contributed by atoms with Gasteiger partial charge in [-0.2, -0.15) is 4.31 Å². The lowest BCUT2D eigenvalue weighted by Crippen LogP contribution is -2.45. The first-order valence-corrected chi connectivity index (χ1v) is 13.0. The van der Waals surface area contributed by atoms with E-state index in [1.54, 1.807) is 20.3 Å². The third kappa shape index (κ3) is 6.82. The zero-order valence-electron chi connectivity index (χ0n) is 19.9. The van der Waals surface area contributed by atoms with E-state index in [9.17, 15) is 13.5 Å². The van der Waals surface area contributed by atoms with Gasteiger partial charge >= 0.3 is 0 Å². The van der Waals surface area contributed by atoms with Crippen LogP contribution < -0.4 is 9.47 Å². The molecule has 186 valence electrons. The van der Waals surface area contributed by atoms with Gasteiger partial charge in [-0.25, -0.2) is 8.42 Å². The summed E-state index contributed by atoms with van der Waals surface area (Å²) in [7, 11) is -0.728. The van der Waals surface area contributed by atoms with E-state index >= 15 is 0 Å². The molecule has 0 saturated carbocycles. The molecule has 1 aliphatic heterocycles. The molecule has 1 aliphatic rings. The van der Waals surface area contributed by atoms with Crippen LogP contribution in [0.3, 0.4) is 0 Å². The van der Waals surface area contributed by atoms with Crippen LogP contribution >= 0.6 is 0 Å². The fraction of sp³-hybridized carbons (Fsp3) is 0.462. The summed E-state index contributed by atoms with van der Waals surface area (Å²) in [6, 6.07) is 14.6. The zero-order valence-corrected chi connectivity index (χ0v) is 20.7. The fourth-order valence-corrected chi connectivity index (χ4v) is 6.19. The van der Waals surface area contributed by atoms with Crippen LogP contribution in [-0.4, -0.2) is 56.1 Å². The van der Waals surface area contributed by atoms with E-state index in [0.29, 0.717) is 18.1 Å². The Morgan fingerprint density at radius 2 is 1.59 bits per heavy atom. The number of rotatable bonds is 13. The van der Waals surface area contributed by atoms with E-state index in [1.807, 2.05) is 48.5 Å². The molecule has 1 heterocycles. The maximum Gasteiger partial charge on any atom is 0.220 e. The lowest BCUT2D eigenvalue weighted by molar-refractivity contribution is 0.0824. The number of sulfonamides is 1. The monoisotopic (exact) mass is 489 g/mol. The van der Waals surface area contributed by atoms with Crippen LogP contribution in [0.1, 0.15) is 36.8 Å². The van der Waals surface area contributed by atoms with Gasteiger partial charge in [0.1, 0.15) is 16.7 Å². The predicted molar refractivity (Wildman–Crippen MR) is 132 cm³/mol. The minimum absolute atomic E-state index is 0.168. The molecule has 1 N–H and O–H groups in total. The predicted octanol–water partition coefficient (Wildman–Crippen LogP) is 3.91.